The lowest BCUT2D eigenvalue weighted by atomic mass is 10.3. The van der Waals surface area contributed by atoms with Gasteiger partial charge < -0.3 is 0 Å². The first-order valence-corrected chi connectivity index (χ1v) is 2.52. The highest BCUT2D eigenvalue weighted by atomic mass is 19.1. The van der Waals surface area contributed by atoms with Crippen molar-refractivity contribution in [3.05, 3.63) is 17.7 Å². The van der Waals surface area contributed by atoms with E-state index in [1.54, 1.807) is 0 Å². The molecule has 0 bridgehead atoms. The first-order valence-electron chi connectivity index (χ1n) is 2.52. The molecule has 0 unspecified atom stereocenters. The van der Waals surface area contributed by atoms with E-state index in [-0.39, 0.29) is 0 Å². The Kier molecular flexibility index (Phi) is 1.28. The van der Waals surface area contributed by atoms with E-state index >= 15 is 0 Å². The number of H-pyrrole nitrogens is 1. The molecule has 0 spiro atoms. The topological polar surface area (TPSA) is 28.7 Å². The van der Waals surface area contributed by atoms with E-state index in [0.717, 1.165) is 12.1 Å². The average Bonchev–Trinajstić information content (AvgIpc) is 2.14. The third-order valence-corrected chi connectivity index (χ3v) is 0.981. The molecular weight excluding hydrogens is 107 g/mol. The van der Waals surface area contributed by atoms with E-state index in [1.165, 1.54) is 6.07 Å². The molecule has 0 radical (unpaired) electrons. The Hall–Kier alpha value is -0.860. The fraction of sp³-hybridized carbons (Fsp3) is 0.400. The Morgan fingerprint density at radius 3 is 2.88 bits per heavy atom. The molecule has 8 heavy (non-hydrogen) atoms. The van der Waals surface area contributed by atoms with E-state index in [4.69, 9.17) is 0 Å². The number of halogens is 1. The Balaban J connectivity index is 2.84. The van der Waals surface area contributed by atoms with Crippen molar-refractivity contribution >= 4 is 0 Å². The molecule has 0 atom stereocenters. The third kappa shape index (κ3) is 0.857. The number of rotatable bonds is 1. The molecule has 0 saturated carbocycles. The summed E-state index contributed by atoms with van der Waals surface area (Å²) in [7, 11) is 0. The van der Waals surface area contributed by atoms with Crippen LogP contribution in [0.1, 0.15) is 12.6 Å². The second-order valence-corrected chi connectivity index (χ2v) is 1.57. The number of aromatic nitrogens is 2. The first kappa shape index (κ1) is 5.28. The number of hydrogen-bond donors (Lipinski definition) is 1. The zero-order valence-electron chi connectivity index (χ0n) is 4.61. The first-order chi connectivity index (χ1) is 3.83. The Morgan fingerprint density at radius 2 is 2.62 bits per heavy atom. The van der Waals surface area contributed by atoms with Crippen LogP contribution in [-0.4, -0.2) is 10.2 Å². The molecule has 0 amide bonds. The zero-order chi connectivity index (χ0) is 5.98. The summed E-state index contributed by atoms with van der Waals surface area (Å²) < 4.78 is 12.0. The highest BCUT2D eigenvalue weighted by Gasteiger charge is 1.93. The number of nitrogens with one attached hydrogen (secondary N) is 1. The van der Waals surface area contributed by atoms with Crippen LogP contribution in [0.25, 0.3) is 0 Å². The van der Waals surface area contributed by atoms with E-state index in [9.17, 15) is 4.39 Å². The summed E-state index contributed by atoms with van der Waals surface area (Å²) >= 11 is 0. The van der Waals surface area contributed by atoms with Crippen molar-refractivity contribution in [2.75, 3.05) is 0 Å². The monoisotopic (exact) mass is 114 g/mol. The lowest BCUT2D eigenvalue weighted by Gasteiger charge is -1.79. The van der Waals surface area contributed by atoms with Crippen molar-refractivity contribution < 1.29 is 4.39 Å². The highest BCUT2D eigenvalue weighted by molar-refractivity contribution is 4.97. The fourth-order valence-corrected chi connectivity index (χ4v) is 0.515. The van der Waals surface area contributed by atoms with E-state index in [2.05, 4.69) is 10.2 Å². The lowest BCUT2D eigenvalue weighted by Crippen LogP contribution is -1.76. The predicted molar refractivity (Wildman–Crippen MR) is 27.9 cm³/mol. The SMILES string of the molecule is CCc1cc(F)n[nH]1. The normalized spacial score (nSPS) is 9.75. The van der Waals surface area contributed by atoms with Gasteiger partial charge in [-0.1, -0.05) is 6.92 Å². The molecule has 0 aliphatic rings. The summed E-state index contributed by atoms with van der Waals surface area (Å²) in [5.74, 6) is -0.429. The van der Waals surface area contributed by atoms with Gasteiger partial charge in [-0.3, -0.25) is 5.10 Å². The van der Waals surface area contributed by atoms with Crippen LogP contribution in [0, 0.1) is 5.95 Å². The van der Waals surface area contributed by atoms with Crippen LogP contribution in [-0.2, 0) is 6.42 Å². The van der Waals surface area contributed by atoms with Crippen LogP contribution < -0.4 is 0 Å². The number of nitrogens with zero attached hydrogens (tertiary/aromatic N) is 1. The fourth-order valence-electron chi connectivity index (χ4n) is 0.515. The van der Waals surface area contributed by atoms with Crippen molar-refractivity contribution in [1.82, 2.24) is 10.2 Å². The van der Waals surface area contributed by atoms with Crippen molar-refractivity contribution in [2.24, 2.45) is 0 Å². The summed E-state index contributed by atoms with van der Waals surface area (Å²) in [5, 5.41) is 5.83. The van der Waals surface area contributed by atoms with Crippen LogP contribution in [0.3, 0.4) is 0 Å². The quantitative estimate of drug-likeness (QED) is 0.582. The Morgan fingerprint density at radius 1 is 1.88 bits per heavy atom. The summed E-state index contributed by atoms with van der Waals surface area (Å²) in [6.45, 7) is 1.94. The maximum absolute atomic E-state index is 12.0. The van der Waals surface area contributed by atoms with Crippen LogP contribution in [0.5, 0.6) is 0 Å². The van der Waals surface area contributed by atoms with Crippen molar-refractivity contribution in [3.63, 3.8) is 0 Å². The minimum atomic E-state index is -0.429. The van der Waals surface area contributed by atoms with Gasteiger partial charge in [-0.25, -0.2) is 0 Å². The van der Waals surface area contributed by atoms with Crippen molar-refractivity contribution in [2.45, 2.75) is 13.3 Å². The maximum atomic E-state index is 12.0. The van der Waals surface area contributed by atoms with Gasteiger partial charge in [0, 0.05) is 11.8 Å². The van der Waals surface area contributed by atoms with Gasteiger partial charge in [0.15, 0.2) is 0 Å². The molecule has 0 aliphatic heterocycles. The van der Waals surface area contributed by atoms with Gasteiger partial charge in [-0.05, 0) is 6.42 Å². The van der Waals surface area contributed by atoms with Gasteiger partial charge in [-0.15, -0.1) is 5.10 Å². The molecular formula is C5H7FN2. The number of aromatic amines is 1. The van der Waals surface area contributed by atoms with Crippen molar-refractivity contribution in [3.8, 4) is 0 Å². The van der Waals surface area contributed by atoms with E-state index < -0.39 is 5.95 Å². The van der Waals surface area contributed by atoms with Gasteiger partial charge in [0.2, 0.25) is 5.95 Å². The highest BCUT2D eigenvalue weighted by Crippen LogP contribution is 1.95. The van der Waals surface area contributed by atoms with Crippen molar-refractivity contribution in [1.29, 1.82) is 0 Å². The van der Waals surface area contributed by atoms with Gasteiger partial charge in [0.25, 0.3) is 0 Å². The molecule has 0 saturated heterocycles. The largest absolute Gasteiger partial charge is 0.280 e. The molecule has 1 rings (SSSR count). The molecule has 0 aliphatic carbocycles. The molecule has 44 valence electrons. The molecule has 3 heteroatoms. The van der Waals surface area contributed by atoms with Crippen LogP contribution >= 0.6 is 0 Å². The summed E-state index contributed by atoms with van der Waals surface area (Å²) in [6, 6.07) is 1.39. The summed E-state index contributed by atoms with van der Waals surface area (Å²) in [4.78, 5) is 0. The van der Waals surface area contributed by atoms with Gasteiger partial charge in [-0.2, -0.15) is 4.39 Å². The van der Waals surface area contributed by atoms with Gasteiger partial charge in [0.1, 0.15) is 0 Å². The van der Waals surface area contributed by atoms with Crippen LogP contribution in [0.15, 0.2) is 6.07 Å². The molecule has 2 nitrogen and oxygen atoms in total. The predicted octanol–water partition coefficient (Wildman–Crippen LogP) is 1.11. The molecule has 1 heterocycles. The average molecular weight is 114 g/mol. The Bertz CT molecular complexity index is 171. The van der Waals surface area contributed by atoms with E-state index in [1.807, 2.05) is 6.92 Å². The lowest BCUT2D eigenvalue weighted by molar-refractivity contribution is 0.579. The second kappa shape index (κ2) is 1.94. The molecule has 0 fully saturated rings. The van der Waals surface area contributed by atoms with E-state index in [0.29, 0.717) is 0 Å². The molecule has 1 N–H and O–H groups in total. The number of hydrogen-bond acceptors (Lipinski definition) is 1. The zero-order valence-corrected chi connectivity index (χ0v) is 4.61. The Labute approximate surface area is 46.7 Å². The summed E-state index contributed by atoms with van der Waals surface area (Å²) in [6.07, 6.45) is 0.802. The van der Waals surface area contributed by atoms with Crippen LogP contribution in [0.2, 0.25) is 0 Å². The number of aryl methyl sites for hydroxylation is 1. The molecule has 0 aromatic carbocycles. The summed E-state index contributed by atoms with van der Waals surface area (Å²) in [5.41, 5.74) is 0.836. The smallest absolute Gasteiger partial charge is 0.232 e. The van der Waals surface area contributed by atoms with Crippen LogP contribution in [0.4, 0.5) is 4.39 Å². The standard InChI is InChI=1S/C5H7FN2/c1-2-4-3-5(6)8-7-4/h3H,2H2,1H3,(H,7,8). The minimum absolute atomic E-state index is 0.429. The maximum Gasteiger partial charge on any atom is 0.232 e. The minimum Gasteiger partial charge on any atom is -0.280 e. The molecule has 1 aromatic heterocycles. The third-order valence-electron chi connectivity index (χ3n) is 0.981. The second-order valence-electron chi connectivity index (χ2n) is 1.57. The van der Waals surface area contributed by atoms with Gasteiger partial charge in [0.05, 0.1) is 0 Å². The molecule has 1 aromatic rings. The van der Waals surface area contributed by atoms with Gasteiger partial charge >= 0.3 is 0 Å².